The molecule has 3 aliphatic carbocycles. The van der Waals surface area contributed by atoms with Crippen molar-refractivity contribution >= 4 is 17.2 Å². The van der Waals surface area contributed by atoms with Gasteiger partial charge in [0.05, 0.1) is 5.02 Å². The van der Waals surface area contributed by atoms with E-state index in [9.17, 15) is 4.39 Å². The first-order valence-electron chi connectivity index (χ1n) is 14.3. The highest BCUT2D eigenvalue weighted by Gasteiger charge is 2.33. The maximum Gasteiger partial charge on any atom is 0.145 e. The van der Waals surface area contributed by atoms with E-state index in [0.717, 1.165) is 72.8 Å². The van der Waals surface area contributed by atoms with Crippen molar-refractivity contribution in [3.8, 4) is 0 Å². The van der Waals surface area contributed by atoms with Crippen molar-refractivity contribution in [2.45, 2.75) is 117 Å². The monoisotopic (exact) mass is 472 g/mol. The number of hydrogen-bond donors (Lipinski definition) is 0. The van der Waals surface area contributed by atoms with Crippen molar-refractivity contribution in [1.29, 1.82) is 0 Å². The lowest BCUT2D eigenvalue weighted by Gasteiger charge is -2.40. The molecule has 0 N–H and O–H groups in total. The van der Waals surface area contributed by atoms with Crippen LogP contribution in [0.25, 0.3) is 5.57 Å². The van der Waals surface area contributed by atoms with E-state index < -0.39 is 0 Å². The first-order chi connectivity index (χ1) is 16.1. The maximum atomic E-state index is 14.8. The normalized spacial score (nSPS) is 30.8. The number of rotatable bonds is 8. The lowest BCUT2D eigenvalue weighted by atomic mass is 9.65. The van der Waals surface area contributed by atoms with Crippen LogP contribution in [0.1, 0.15) is 121 Å². The van der Waals surface area contributed by atoms with Crippen molar-refractivity contribution < 1.29 is 4.39 Å². The number of halogens is 2. The van der Waals surface area contributed by atoms with Gasteiger partial charge in [0.2, 0.25) is 0 Å². The van der Waals surface area contributed by atoms with Crippen LogP contribution in [0.15, 0.2) is 18.2 Å². The lowest BCUT2D eigenvalue weighted by molar-refractivity contribution is 0.121. The summed E-state index contributed by atoms with van der Waals surface area (Å²) < 4.78 is 14.8. The predicted molar refractivity (Wildman–Crippen MR) is 141 cm³/mol. The van der Waals surface area contributed by atoms with Gasteiger partial charge in [0.15, 0.2) is 0 Å². The standard InChI is InChI=1S/C31H46ClF/c1-3-5-7-28-20-21-29(30(32)31(28)33)27-18-16-26(17-19-27)25-14-12-24(13-15-25)23-10-8-22(6-4-2)9-11-23/h18,20-26H,3-17,19H2,1-2H3. The fourth-order valence-electron chi connectivity index (χ4n) is 7.37. The van der Waals surface area contributed by atoms with E-state index in [-0.39, 0.29) is 5.82 Å². The lowest BCUT2D eigenvalue weighted by Crippen LogP contribution is -2.28. The number of hydrogen-bond acceptors (Lipinski definition) is 0. The van der Waals surface area contributed by atoms with Crippen LogP contribution >= 0.6 is 11.6 Å². The van der Waals surface area contributed by atoms with E-state index >= 15 is 0 Å². The molecule has 0 spiro atoms. The van der Waals surface area contributed by atoms with Crippen LogP contribution in [0.2, 0.25) is 5.02 Å². The van der Waals surface area contributed by atoms with Gasteiger partial charge in [-0.2, -0.15) is 0 Å². The number of allylic oxidation sites excluding steroid dienone is 2. The van der Waals surface area contributed by atoms with Crippen LogP contribution in [-0.4, -0.2) is 0 Å². The molecule has 3 aliphatic rings. The van der Waals surface area contributed by atoms with E-state index in [0.29, 0.717) is 5.02 Å². The fraction of sp³-hybridized carbons (Fsp3) is 0.742. The van der Waals surface area contributed by atoms with Crippen molar-refractivity contribution in [3.63, 3.8) is 0 Å². The van der Waals surface area contributed by atoms with Gasteiger partial charge in [-0.3, -0.25) is 0 Å². The molecule has 0 heterocycles. The topological polar surface area (TPSA) is 0 Å². The van der Waals surface area contributed by atoms with Crippen LogP contribution < -0.4 is 0 Å². The summed E-state index contributed by atoms with van der Waals surface area (Å²) in [6.45, 7) is 4.48. The van der Waals surface area contributed by atoms with Crippen LogP contribution in [0, 0.1) is 35.4 Å². The van der Waals surface area contributed by atoms with Gasteiger partial charge in [-0.25, -0.2) is 4.39 Å². The third-order valence-electron chi connectivity index (χ3n) is 9.50. The molecule has 0 bridgehead atoms. The second-order valence-corrected chi connectivity index (χ2v) is 11.9. The van der Waals surface area contributed by atoms with Gasteiger partial charge in [-0.1, -0.05) is 75.8 Å². The van der Waals surface area contributed by atoms with E-state index in [1.165, 1.54) is 76.2 Å². The number of benzene rings is 1. The average Bonchev–Trinajstić information content (AvgIpc) is 2.86. The summed E-state index contributed by atoms with van der Waals surface area (Å²) >= 11 is 6.50. The molecule has 0 nitrogen and oxygen atoms in total. The first kappa shape index (κ1) is 25.3. The second-order valence-electron chi connectivity index (χ2n) is 11.5. The Kier molecular flexibility index (Phi) is 9.37. The van der Waals surface area contributed by atoms with E-state index in [4.69, 9.17) is 11.6 Å². The first-order valence-corrected chi connectivity index (χ1v) is 14.6. The van der Waals surface area contributed by atoms with Gasteiger partial charge in [-0.15, -0.1) is 0 Å². The van der Waals surface area contributed by atoms with Gasteiger partial charge >= 0.3 is 0 Å². The van der Waals surface area contributed by atoms with Crippen molar-refractivity contribution in [1.82, 2.24) is 0 Å². The molecular formula is C31H46ClF. The molecule has 184 valence electrons. The van der Waals surface area contributed by atoms with Gasteiger partial charge in [0.1, 0.15) is 5.82 Å². The third kappa shape index (κ3) is 6.25. The summed E-state index contributed by atoms with van der Waals surface area (Å²) in [5.41, 5.74) is 2.99. The Morgan fingerprint density at radius 3 is 2.03 bits per heavy atom. The van der Waals surface area contributed by atoms with Crippen LogP contribution in [-0.2, 0) is 6.42 Å². The summed E-state index contributed by atoms with van der Waals surface area (Å²) in [6, 6.07) is 4.04. The maximum absolute atomic E-state index is 14.8. The minimum atomic E-state index is -0.187. The molecule has 1 aromatic rings. The Balaban J connectivity index is 1.27. The van der Waals surface area contributed by atoms with Crippen LogP contribution in [0.3, 0.4) is 0 Å². The van der Waals surface area contributed by atoms with Gasteiger partial charge in [-0.05, 0) is 117 Å². The number of unbranched alkanes of at least 4 members (excludes halogenated alkanes) is 1. The van der Waals surface area contributed by atoms with E-state index in [1.807, 2.05) is 6.07 Å². The van der Waals surface area contributed by atoms with Gasteiger partial charge in [0.25, 0.3) is 0 Å². The highest BCUT2D eigenvalue weighted by atomic mass is 35.5. The Hall–Kier alpha value is -0.820. The Morgan fingerprint density at radius 1 is 0.818 bits per heavy atom. The van der Waals surface area contributed by atoms with Crippen LogP contribution in [0.4, 0.5) is 4.39 Å². The van der Waals surface area contributed by atoms with Crippen molar-refractivity contribution in [3.05, 3.63) is 40.2 Å². The van der Waals surface area contributed by atoms with Crippen molar-refractivity contribution in [2.75, 3.05) is 0 Å². The molecule has 0 radical (unpaired) electrons. The molecule has 2 saturated carbocycles. The average molecular weight is 473 g/mol. The molecule has 0 aliphatic heterocycles. The Labute approximate surface area is 207 Å². The molecule has 0 amide bonds. The fourth-order valence-corrected chi connectivity index (χ4v) is 7.68. The minimum Gasteiger partial charge on any atom is -0.205 e. The molecule has 4 rings (SSSR count). The van der Waals surface area contributed by atoms with Gasteiger partial charge in [0, 0.05) is 0 Å². The van der Waals surface area contributed by atoms with E-state index in [2.05, 4.69) is 26.0 Å². The quantitative estimate of drug-likeness (QED) is 0.352. The minimum absolute atomic E-state index is 0.187. The molecule has 1 atom stereocenters. The molecule has 2 fully saturated rings. The highest BCUT2D eigenvalue weighted by molar-refractivity contribution is 6.32. The second kappa shape index (κ2) is 12.2. The molecule has 2 heteroatoms. The SMILES string of the molecule is CCCCc1ccc(C2=CCC(C3CCC(C4CCC(CCC)CC4)CC3)CC2)c(Cl)c1F. The zero-order valence-corrected chi connectivity index (χ0v) is 21.9. The molecular weight excluding hydrogens is 427 g/mol. The summed E-state index contributed by atoms with van der Waals surface area (Å²) in [7, 11) is 0. The summed E-state index contributed by atoms with van der Waals surface area (Å²) in [5.74, 6) is 4.59. The van der Waals surface area contributed by atoms with E-state index in [1.54, 1.807) is 0 Å². The molecule has 0 saturated heterocycles. The largest absolute Gasteiger partial charge is 0.205 e. The zero-order valence-electron chi connectivity index (χ0n) is 21.2. The zero-order chi connectivity index (χ0) is 23.2. The smallest absolute Gasteiger partial charge is 0.145 e. The summed E-state index contributed by atoms with van der Waals surface area (Å²) in [6.07, 6.45) is 23.4. The third-order valence-corrected chi connectivity index (χ3v) is 9.87. The van der Waals surface area contributed by atoms with Crippen LogP contribution in [0.5, 0.6) is 0 Å². The summed E-state index contributed by atoms with van der Waals surface area (Å²) in [4.78, 5) is 0. The Bertz CT molecular complexity index is 780. The summed E-state index contributed by atoms with van der Waals surface area (Å²) in [5, 5.41) is 0.350. The number of aryl methyl sites for hydroxylation is 1. The molecule has 33 heavy (non-hydrogen) atoms. The molecule has 0 aromatic heterocycles. The predicted octanol–water partition coefficient (Wildman–Crippen LogP) is 10.4. The van der Waals surface area contributed by atoms with Crippen molar-refractivity contribution in [2.24, 2.45) is 29.6 Å². The van der Waals surface area contributed by atoms with Gasteiger partial charge < -0.3 is 0 Å². The highest BCUT2D eigenvalue weighted by Crippen LogP contribution is 2.46. The molecule has 1 aromatic carbocycles. The molecule has 1 unspecified atom stereocenters. The Morgan fingerprint density at radius 2 is 1.45 bits per heavy atom.